The fourth-order valence-electron chi connectivity index (χ4n) is 0.811. The van der Waals surface area contributed by atoms with E-state index in [-0.39, 0.29) is 0 Å². The van der Waals surface area contributed by atoms with Crippen molar-refractivity contribution in [3.63, 3.8) is 0 Å². The van der Waals surface area contributed by atoms with Crippen LogP contribution in [0.1, 0.15) is 0 Å². The van der Waals surface area contributed by atoms with Crippen LogP contribution in [-0.4, -0.2) is 39.3 Å². The number of amides is 1. The van der Waals surface area contributed by atoms with E-state index in [2.05, 4.69) is 4.74 Å². The highest BCUT2D eigenvalue weighted by Crippen LogP contribution is 2.22. The Morgan fingerprint density at radius 3 is 2.55 bits per heavy atom. The summed E-state index contributed by atoms with van der Waals surface area (Å²) in [6.07, 6.45) is -0.586. The number of rotatable bonds is 1. The van der Waals surface area contributed by atoms with Crippen LogP contribution in [0.15, 0.2) is 0 Å². The van der Waals surface area contributed by atoms with Crippen LogP contribution in [0.2, 0.25) is 0 Å². The number of aliphatic carboxylic acids is 1. The third-order valence-electron chi connectivity index (χ3n) is 1.42. The van der Waals surface area contributed by atoms with E-state index in [1.165, 1.54) is 7.05 Å². The Balaban J connectivity index is 2.79. The summed E-state index contributed by atoms with van der Waals surface area (Å²) < 4.78 is 4.05. The van der Waals surface area contributed by atoms with E-state index >= 15 is 0 Å². The van der Waals surface area contributed by atoms with E-state index in [1.807, 2.05) is 0 Å². The second-order valence-electron chi connectivity index (χ2n) is 2.13. The SMILES string of the molecule is CN1C(=O)O[C@H](I)[C@H]1C(=O)O. The number of carbonyl (C=O) groups is 2. The summed E-state index contributed by atoms with van der Waals surface area (Å²) in [7, 11) is 1.40. The summed E-state index contributed by atoms with van der Waals surface area (Å²) in [5.41, 5.74) is 0. The van der Waals surface area contributed by atoms with Crippen molar-refractivity contribution >= 4 is 34.7 Å². The number of ether oxygens (including phenoxy) is 1. The molecule has 0 aromatic carbocycles. The second kappa shape index (κ2) is 2.84. The fraction of sp³-hybridized carbons (Fsp3) is 0.600. The summed E-state index contributed by atoms with van der Waals surface area (Å²) in [5.74, 6) is -1.04. The van der Waals surface area contributed by atoms with Crippen molar-refractivity contribution < 1.29 is 19.4 Å². The van der Waals surface area contributed by atoms with Crippen molar-refractivity contribution in [3.05, 3.63) is 0 Å². The van der Waals surface area contributed by atoms with E-state index in [9.17, 15) is 9.59 Å². The molecule has 0 spiro atoms. The summed E-state index contributed by atoms with van der Waals surface area (Å²) >= 11 is 1.77. The molecule has 1 amide bonds. The minimum absolute atomic E-state index is 0.586. The first-order valence-corrected chi connectivity index (χ1v) is 4.09. The number of hydrogen-bond donors (Lipinski definition) is 1. The number of carboxylic acid groups (broad SMARTS) is 1. The van der Waals surface area contributed by atoms with Crippen LogP contribution in [0.25, 0.3) is 0 Å². The Kier molecular flexibility index (Phi) is 2.21. The normalized spacial score (nSPS) is 30.4. The number of halogens is 1. The number of nitrogens with zero attached hydrogens (tertiary/aromatic N) is 1. The Labute approximate surface area is 76.4 Å². The largest absolute Gasteiger partial charge is 0.480 e. The molecule has 1 fully saturated rings. The monoisotopic (exact) mass is 271 g/mol. The highest BCUT2D eigenvalue weighted by Gasteiger charge is 2.42. The highest BCUT2D eigenvalue weighted by atomic mass is 127. The van der Waals surface area contributed by atoms with Crippen LogP contribution in [0.4, 0.5) is 4.79 Å². The zero-order valence-corrected chi connectivity index (χ0v) is 7.81. The molecule has 1 aliphatic rings. The molecule has 0 aliphatic carbocycles. The van der Waals surface area contributed by atoms with Crippen LogP contribution in [0, 0.1) is 0 Å². The predicted octanol–water partition coefficient (Wildman–Crippen LogP) is 0.283. The summed E-state index contributed by atoms with van der Waals surface area (Å²) in [4.78, 5) is 22.3. The molecule has 62 valence electrons. The van der Waals surface area contributed by atoms with Crippen molar-refractivity contribution in [2.75, 3.05) is 7.05 Å². The molecule has 1 heterocycles. The van der Waals surface area contributed by atoms with Gasteiger partial charge >= 0.3 is 12.1 Å². The maximum Gasteiger partial charge on any atom is 0.411 e. The van der Waals surface area contributed by atoms with Crippen LogP contribution in [-0.2, 0) is 9.53 Å². The number of carboxylic acids is 1. The second-order valence-corrected chi connectivity index (χ2v) is 3.36. The number of alkyl halides is 1. The van der Waals surface area contributed by atoms with Gasteiger partial charge in [-0.3, -0.25) is 4.90 Å². The van der Waals surface area contributed by atoms with Gasteiger partial charge in [-0.25, -0.2) is 9.59 Å². The Bertz CT molecular complexity index is 207. The first kappa shape index (κ1) is 8.57. The molecule has 1 N–H and O–H groups in total. The molecule has 11 heavy (non-hydrogen) atoms. The van der Waals surface area contributed by atoms with Gasteiger partial charge in [0.2, 0.25) is 0 Å². The van der Waals surface area contributed by atoms with E-state index < -0.39 is 22.2 Å². The first-order valence-electron chi connectivity index (χ1n) is 2.84. The molecule has 0 saturated carbocycles. The van der Waals surface area contributed by atoms with Gasteiger partial charge in [-0.2, -0.15) is 0 Å². The lowest BCUT2D eigenvalue weighted by Gasteiger charge is -2.11. The predicted molar refractivity (Wildman–Crippen MR) is 43.5 cm³/mol. The summed E-state index contributed by atoms with van der Waals surface area (Å²) in [6.45, 7) is 0. The summed E-state index contributed by atoms with van der Waals surface area (Å²) in [6, 6.07) is -0.858. The maximum atomic E-state index is 10.7. The van der Waals surface area contributed by atoms with Gasteiger partial charge in [0.25, 0.3) is 0 Å². The topological polar surface area (TPSA) is 66.8 Å². The lowest BCUT2D eigenvalue weighted by atomic mass is 10.3. The van der Waals surface area contributed by atoms with Crippen molar-refractivity contribution in [3.8, 4) is 0 Å². The third-order valence-corrected chi connectivity index (χ3v) is 2.36. The Morgan fingerprint density at radius 1 is 1.82 bits per heavy atom. The third kappa shape index (κ3) is 1.39. The zero-order valence-electron chi connectivity index (χ0n) is 5.65. The van der Waals surface area contributed by atoms with Gasteiger partial charge in [0.15, 0.2) is 10.2 Å². The van der Waals surface area contributed by atoms with Crippen LogP contribution < -0.4 is 0 Å². The average Bonchev–Trinajstić information content (AvgIpc) is 2.07. The number of cyclic esters (lactones) is 1. The van der Waals surface area contributed by atoms with Gasteiger partial charge in [0.1, 0.15) is 0 Å². The standard InChI is InChI=1S/C5H6INO4/c1-7-2(4(8)9)3(6)11-5(7)10/h2-3H,1H3,(H,8,9)/t2-,3-/m0/s1. The van der Waals surface area contributed by atoms with Crippen LogP contribution in [0.5, 0.6) is 0 Å². The minimum Gasteiger partial charge on any atom is -0.480 e. The molecule has 2 atom stereocenters. The van der Waals surface area contributed by atoms with Gasteiger partial charge in [-0.15, -0.1) is 0 Å². The Morgan fingerprint density at radius 2 is 2.36 bits per heavy atom. The van der Waals surface area contributed by atoms with Crippen molar-refractivity contribution in [1.29, 1.82) is 0 Å². The van der Waals surface area contributed by atoms with Crippen LogP contribution in [0.3, 0.4) is 0 Å². The van der Waals surface area contributed by atoms with Crippen molar-refractivity contribution in [2.24, 2.45) is 0 Å². The molecule has 0 unspecified atom stereocenters. The van der Waals surface area contributed by atoms with Gasteiger partial charge in [0.05, 0.1) is 0 Å². The van der Waals surface area contributed by atoms with E-state index in [0.29, 0.717) is 0 Å². The van der Waals surface area contributed by atoms with E-state index in [1.54, 1.807) is 22.6 Å². The number of carbonyl (C=O) groups excluding carboxylic acids is 1. The zero-order chi connectivity index (χ0) is 8.59. The van der Waals surface area contributed by atoms with Gasteiger partial charge < -0.3 is 9.84 Å². The number of likely N-dealkylation sites (N-methyl/N-ethyl adjacent to an activating group) is 1. The molecule has 6 heteroatoms. The van der Waals surface area contributed by atoms with E-state index in [0.717, 1.165) is 4.90 Å². The molecule has 0 aromatic heterocycles. The molecular weight excluding hydrogens is 265 g/mol. The molecule has 1 rings (SSSR count). The van der Waals surface area contributed by atoms with Gasteiger partial charge in [-0.1, -0.05) is 0 Å². The minimum atomic E-state index is -1.04. The van der Waals surface area contributed by atoms with E-state index in [4.69, 9.17) is 5.11 Å². The molecule has 1 aliphatic heterocycles. The fourth-order valence-corrected chi connectivity index (χ4v) is 1.82. The number of hydrogen-bond acceptors (Lipinski definition) is 3. The maximum absolute atomic E-state index is 10.7. The molecule has 0 radical (unpaired) electrons. The van der Waals surface area contributed by atoms with Gasteiger partial charge in [0, 0.05) is 7.05 Å². The molecule has 1 saturated heterocycles. The van der Waals surface area contributed by atoms with Gasteiger partial charge in [-0.05, 0) is 22.6 Å². The van der Waals surface area contributed by atoms with Crippen LogP contribution >= 0.6 is 22.6 Å². The Hall–Kier alpha value is -0.530. The average molecular weight is 271 g/mol. The molecule has 0 aromatic rings. The smallest absolute Gasteiger partial charge is 0.411 e. The van der Waals surface area contributed by atoms with Crippen molar-refractivity contribution in [2.45, 2.75) is 10.2 Å². The molecular formula is C5H6INO4. The molecule has 0 bridgehead atoms. The quantitative estimate of drug-likeness (QED) is 0.549. The first-order chi connectivity index (χ1) is 5.04. The summed E-state index contributed by atoms with van der Waals surface area (Å²) in [5, 5.41) is 8.59. The highest BCUT2D eigenvalue weighted by molar-refractivity contribution is 14.1. The van der Waals surface area contributed by atoms with Crippen molar-refractivity contribution in [1.82, 2.24) is 4.90 Å². The lowest BCUT2D eigenvalue weighted by molar-refractivity contribution is -0.141. The molecule has 5 nitrogen and oxygen atoms in total. The lowest BCUT2D eigenvalue weighted by Crippen LogP contribution is -2.38.